The molecule has 1 heterocycles. The zero-order chi connectivity index (χ0) is 17.4. The number of nitrogens with one attached hydrogen (secondary N) is 1. The van der Waals surface area contributed by atoms with Crippen LogP contribution in [0.2, 0.25) is 0 Å². The maximum absolute atomic E-state index is 10.6. The molecule has 2 N–H and O–H groups in total. The van der Waals surface area contributed by atoms with Crippen LogP contribution in [0.5, 0.6) is 5.75 Å². The molecule has 1 aromatic carbocycles. The second-order valence-corrected chi connectivity index (χ2v) is 3.62. The second-order valence-electron chi connectivity index (χ2n) is 3.62. The first-order chi connectivity index (χ1) is 10.9. The van der Waals surface area contributed by atoms with Crippen molar-refractivity contribution in [3.63, 3.8) is 0 Å². The summed E-state index contributed by atoms with van der Waals surface area (Å²) in [5, 5.41) is 40.3. The third kappa shape index (κ3) is 4.71. The van der Waals surface area contributed by atoms with Crippen molar-refractivity contribution < 1.29 is 24.6 Å². The molecule has 0 bridgehead atoms. The van der Waals surface area contributed by atoms with E-state index in [1.54, 1.807) is 18.7 Å². The van der Waals surface area contributed by atoms with E-state index < -0.39 is 44.4 Å². The van der Waals surface area contributed by atoms with E-state index in [1.165, 1.54) is 0 Å². The number of aliphatic hydroxyl groups excluding tert-OH is 1. The van der Waals surface area contributed by atoms with Crippen molar-refractivity contribution in [2.75, 3.05) is 6.79 Å². The zero-order valence-corrected chi connectivity index (χ0v) is 11.2. The van der Waals surface area contributed by atoms with E-state index in [0.29, 0.717) is 12.1 Å². The summed E-state index contributed by atoms with van der Waals surface area (Å²) in [5.41, 5.74) is -2.76. The summed E-state index contributed by atoms with van der Waals surface area (Å²) < 4.78 is 4.38. The molecule has 0 unspecified atom stereocenters. The Balaban J connectivity index is 0.000000446. The van der Waals surface area contributed by atoms with E-state index in [2.05, 4.69) is 14.7 Å². The summed E-state index contributed by atoms with van der Waals surface area (Å²) >= 11 is 0. The topological polar surface area (TPSA) is 188 Å². The molecule has 0 aliphatic rings. The first-order valence-corrected chi connectivity index (χ1v) is 5.66. The van der Waals surface area contributed by atoms with E-state index in [4.69, 9.17) is 5.11 Å². The molecule has 2 rings (SSSR count). The van der Waals surface area contributed by atoms with Crippen LogP contribution in [0.25, 0.3) is 0 Å². The number of imidazole rings is 1. The molecule has 13 nitrogen and oxygen atoms in total. The number of aromatic nitrogens is 2. The molecular weight excluding hydrogens is 318 g/mol. The van der Waals surface area contributed by atoms with Gasteiger partial charge in [0.1, 0.15) is 0 Å². The van der Waals surface area contributed by atoms with Crippen LogP contribution in [0.3, 0.4) is 0 Å². The highest BCUT2D eigenvalue weighted by molar-refractivity contribution is 5.65. The molecule has 0 atom stereocenters. The Morgan fingerprint density at radius 2 is 1.65 bits per heavy atom. The molecule has 122 valence electrons. The number of hydrogen-bond donors (Lipinski definition) is 2. The van der Waals surface area contributed by atoms with Crippen LogP contribution in [0.4, 0.5) is 17.1 Å². The maximum atomic E-state index is 10.6. The normalized spacial score (nSPS) is 9.43. The molecule has 0 amide bonds. The Morgan fingerprint density at radius 3 is 1.91 bits per heavy atom. The highest BCUT2D eigenvalue weighted by Gasteiger charge is 2.31. The lowest BCUT2D eigenvalue weighted by atomic mass is 10.2. The summed E-state index contributed by atoms with van der Waals surface area (Å²) in [6.07, 6.45) is 5.08. The molecule has 23 heavy (non-hydrogen) atoms. The van der Waals surface area contributed by atoms with E-state index in [-0.39, 0.29) is 0 Å². The van der Waals surface area contributed by atoms with Crippen LogP contribution in [0.1, 0.15) is 0 Å². The van der Waals surface area contributed by atoms with Crippen molar-refractivity contribution in [2.45, 2.75) is 0 Å². The SMILES string of the molecule is O=[N+]([O-])c1cc([N+](=O)[O-])c(OCO)c([N+](=O)[O-])c1.c1c[nH]cn1. The molecule has 0 aliphatic heterocycles. The second kappa shape index (κ2) is 7.99. The third-order valence-electron chi connectivity index (χ3n) is 2.25. The minimum atomic E-state index is -1.08. The van der Waals surface area contributed by atoms with Crippen LogP contribution < -0.4 is 4.74 Å². The fraction of sp³-hybridized carbons (Fsp3) is 0.100. The molecule has 0 radical (unpaired) electrons. The number of nitrogens with zero attached hydrogens (tertiary/aromatic N) is 4. The standard InChI is InChI=1S/C7H5N3O8.C3H4N2/c11-3-18-7-5(9(14)15)1-4(8(12)13)2-6(7)10(16)17;1-2-5-3-4-1/h1-2,11H,3H2;1-3H,(H,4,5). The quantitative estimate of drug-likeness (QED) is 0.461. The van der Waals surface area contributed by atoms with Crippen molar-refractivity contribution in [3.05, 3.63) is 61.2 Å². The first-order valence-electron chi connectivity index (χ1n) is 5.66. The van der Waals surface area contributed by atoms with Gasteiger partial charge in [-0.3, -0.25) is 30.3 Å². The average molecular weight is 327 g/mol. The average Bonchev–Trinajstić information content (AvgIpc) is 3.06. The van der Waals surface area contributed by atoms with Gasteiger partial charge in [-0.25, -0.2) is 4.98 Å². The number of benzene rings is 1. The summed E-state index contributed by atoms with van der Waals surface area (Å²) in [6, 6.07) is 1.02. The van der Waals surface area contributed by atoms with Gasteiger partial charge in [0, 0.05) is 12.4 Å². The van der Waals surface area contributed by atoms with Crippen LogP contribution in [0.15, 0.2) is 30.9 Å². The lowest BCUT2D eigenvalue weighted by Crippen LogP contribution is -2.04. The number of hydrogen-bond acceptors (Lipinski definition) is 9. The fourth-order valence-electron chi connectivity index (χ4n) is 1.39. The molecule has 2 aromatic rings. The fourth-order valence-corrected chi connectivity index (χ4v) is 1.39. The van der Waals surface area contributed by atoms with Gasteiger partial charge in [0.2, 0.25) is 0 Å². The van der Waals surface area contributed by atoms with Gasteiger partial charge in [-0.05, 0) is 0 Å². The molecule has 0 saturated heterocycles. The van der Waals surface area contributed by atoms with Gasteiger partial charge in [0.15, 0.2) is 6.79 Å². The largest absolute Gasteiger partial charge is 0.455 e. The van der Waals surface area contributed by atoms with Crippen molar-refractivity contribution in [2.24, 2.45) is 0 Å². The van der Waals surface area contributed by atoms with E-state index in [1.807, 2.05) is 0 Å². The van der Waals surface area contributed by atoms with E-state index in [0.717, 1.165) is 0 Å². The highest BCUT2D eigenvalue weighted by Crippen LogP contribution is 2.40. The monoisotopic (exact) mass is 327 g/mol. The number of aliphatic hydroxyl groups is 1. The number of ether oxygens (including phenoxy) is 1. The smallest absolute Gasteiger partial charge is 0.325 e. The Hall–Kier alpha value is -3.61. The maximum Gasteiger partial charge on any atom is 0.325 e. The van der Waals surface area contributed by atoms with E-state index in [9.17, 15) is 30.3 Å². The Morgan fingerprint density at radius 1 is 1.09 bits per heavy atom. The zero-order valence-electron chi connectivity index (χ0n) is 11.2. The predicted molar refractivity (Wildman–Crippen MR) is 72.7 cm³/mol. The molecule has 0 saturated carbocycles. The third-order valence-corrected chi connectivity index (χ3v) is 2.25. The molecule has 0 fully saturated rings. The minimum absolute atomic E-state index is 0.512. The summed E-state index contributed by atoms with van der Waals surface area (Å²) in [6.45, 7) is -1.04. The Bertz CT molecular complexity index is 649. The predicted octanol–water partition coefficient (Wildman–Crippen LogP) is 1.15. The van der Waals surface area contributed by atoms with Gasteiger partial charge in [0.05, 0.1) is 33.2 Å². The van der Waals surface area contributed by atoms with Gasteiger partial charge in [-0.1, -0.05) is 0 Å². The van der Waals surface area contributed by atoms with Crippen LogP contribution in [-0.4, -0.2) is 36.6 Å². The molecule has 13 heteroatoms. The van der Waals surface area contributed by atoms with Crippen molar-refractivity contribution in [3.8, 4) is 5.75 Å². The molecule has 0 aliphatic carbocycles. The first kappa shape index (κ1) is 17.4. The lowest BCUT2D eigenvalue weighted by Gasteiger charge is -2.04. The van der Waals surface area contributed by atoms with Gasteiger partial charge in [0.25, 0.3) is 11.4 Å². The number of non-ortho nitro benzene ring substituents is 1. The lowest BCUT2D eigenvalue weighted by molar-refractivity contribution is -0.404. The van der Waals surface area contributed by atoms with Crippen molar-refractivity contribution >= 4 is 17.1 Å². The molecule has 0 spiro atoms. The van der Waals surface area contributed by atoms with Crippen molar-refractivity contribution in [1.82, 2.24) is 9.97 Å². The summed E-state index contributed by atoms with van der Waals surface area (Å²) in [4.78, 5) is 35.0. The summed E-state index contributed by atoms with van der Waals surface area (Å²) in [7, 11) is 0. The Kier molecular flexibility index (Phi) is 6.06. The van der Waals surface area contributed by atoms with Gasteiger partial charge < -0.3 is 14.8 Å². The number of rotatable bonds is 5. The number of aromatic amines is 1. The molecular formula is C10H9N5O8. The minimum Gasteiger partial charge on any atom is -0.455 e. The van der Waals surface area contributed by atoms with Crippen LogP contribution in [0, 0.1) is 30.3 Å². The molecule has 1 aromatic heterocycles. The van der Waals surface area contributed by atoms with Crippen LogP contribution >= 0.6 is 0 Å². The van der Waals surface area contributed by atoms with Gasteiger partial charge in [-0.2, -0.15) is 0 Å². The Labute approximate surface area is 126 Å². The summed E-state index contributed by atoms with van der Waals surface area (Å²) in [5.74, 6) is -0.835. The van der Waals surface area contributed by atoms with Crippen LogP contribution in [-0.2, 0) is 0 Å². The highest BCUT2D eigenvalue weighted by atomic mass is 16.6. The van der Waals surface area contributed by atoms with E-state index >= 15 is 0 Å². The number of H-pyrrole nitrogens is 1. The number of nitro benzene ring substituents is 3. The van der Waals surface area contributed by atoms with Gasteiger partial charge in [-0.15, -0.1) is 0 Å². The van der Waals surface area contributed by atoms with Gasteiger partial charge >= 0.3 is 11.4 Å². The van der Waals surface area contributed by atoms with Crippen molar-refractivity contribution in [1.29, 1.82) is 0 Å². The number of nitro groups is 3.